The van der Waals surface area contributed by atoms with E-state index in [1.807, 2.05) is 37.3 Å². The summed E-state index contributed by atoms with van der Waals surface area (Å²) >= 11 is 0. The fourth-order valence-corrected chi connectivity index (χ4v) is 3.14. The SMILES string of the molecule is CCOC(=O)C1(c2cnc(-c3ccccc3)[nH]2)CCCC1. The maximum Gasteiger partial charge on any atom is 0.318 e. The lowest BCUT2D eigenvalue weighted by Gasteiger charge is -2.24. The molecule has 110 valence electrons. The van der Waals surface area contributed by atoms with Gasteiger partial charge >= 0.3 is 5.97 Å². The standard InChI is InChI=1S/C17H20N2O2/c1-2-21-16(20)17(10-6-7-11-17)14-12-18-15(19-14)13-8-4-3-5-9-13/h3-5,8-9,12H,2,6-7,10-11H2,1H3,(H,18,19). The third-order valence-electron chi connectivity index (χ3n) is 4.26. The Bertz CT molecular complexity index is 613. The van der Waals surface area contributed by atoms with Crippen LogP contribution in [0.4, 0.5) is 0 Å². The summed E-state index contributed by atoms with van der Waals surface area (Å²) < 4.78 is 5.31. The molecule has 0 atom stereocenters. The van der Waals surface area contributed by atoms with Crippen molar-refractivity contribution in [3.63, 3.8) is 0 Å². The molecule has 0 bridgehead atoms. The van der Waals surface area contributed by atoms with E-state index in [0.717, 1.165) is 42.8 Å². The van der Waals surface area contributed by atoms with Crippen molar-refractivity contribution in [2.75, 3.05) is 6.61 Å². The van der Waals surface area contributed by atoms with Crippen LogP contribution in [-0.2, 0) is 14.9 Å². The monoisotopic (exact) mass is 284 g/mol. The van der Waals surface area contributed by atoms with Gasteiger partial charge in [-0.3, -0.25) is 4.79 Å². The Kier molecular flexibility index (Phi) is 3.78. The van der Waals surface area contributed by atoms with Gasteiger partial charge in [0.25, 0.3) is 0 Å². The van der Waals surface area contributed by atoms with E-state index in [9.17, 15) is 4.79 Å². The molecule has 3 rings (SSSR count). The number of carbonyl (C=O) groups excluding carboxylic acids is 1. The summed E-state index contributed by atoms with van der Waals surface area (Å²) in [6.07, 6.45) is 5.58. The Morgan fingerprint density at radius 3 is 2.67 bits per heavy atom. The minimum Gasteiger partial charge on any atom is -0.465 e. The quantitative estimate of drug-likeness (QED) is 0.875. The number of aromatic amines is 1. The predicted molar refractivity (Wildman–Crippen MR) is 80.8 cm³/mol. The average Bonchev–Trinajstić information content (AvgIpc) is 3.18. The molecule has 1 N–H and O–H groups in total. The molecular formula is C17H20N2O2. The number of rotatable bonds is 4. The number of hydrogen-bond acceptors (Lipinski definition) is 3. The second-order valence-corrected chi connectivity index (χ2v) is 5.52. The van der Waals surface area contributed by atoms with E-state index in [1.165, 1.54) is 0 Å². The van der Waals surface area contributed by atoms with E-state index < -0.39 is 5.41 Å². The lowest BCUT2D eigenvalue weighted by Crippen LogP contribution is -2.35. The molecule has 0 unspecified atom stereocenters. The summed E-state index contributed by atoms with van der Waals surface area (Å²) in [5.41, 5.74) is 1.38. The maximum atomic E-state index is 12.4. The number of aromatic nitrogens is 2. The molecule has 1 saturated carbocycles. The van der Waals surface area contributed by atoms with Crippen LogP contribution < -0.4 is 0 Å². The first-order chi connectivity index (χ1) is 10.3. The molecular weight excluding hydrogens is 264 g/mol. The van der Waals surface area contributed by atoms with Crippen LogP contribution in [-0.4, -0.2) is 22.5 Å². The highest BCUT2D eigenvalue weighted by atomic mass is 16.5. The highest BCUT2D eigenvalue weighted by Gasteiger charge is 2.45. The number of ether oxygens (including phenoxy) is 1. The molecule has 1 aromatic carbocycles. The van der Waals surface area contributed by atoms with Crippen LogP contribution in [0, 0.1) is 0 Å². The number of imidazole rings is 1. The summed E-state index contributed by atoms with van der Waals surface area (Å²) in [6.45, 7) is 2.27. The zero-order valence-corrected chi connectivity index (χ0v) is 12.3. The lowest BCUT2D eigenvalue weighted by molar-refractivity contribution is -0.150. The molecule has 0 amide bonds. The van der Waals surface area contributed by atoms with E-state index >= 15 is 0 Å². The van der Waals surface area contributed by atoms with Gasteiger partial charge in [0, 0.05) is 11.8 Å². The Labute approximate surface area is 124 Å². The van der Waals surface area contributed by atoms with Gasteiger partial charge in [-0.25, -0.2) is 4.98 Å². The van der Waals surface area contributed by atoms with Crippen molar-refractivity contribution in [2.45, 2.75) is 38.0 Å². The van der Waals surface area contributed by atoms with E-state index in [-0.39, 0.29) is 5.97 Å². The van der Waals surface area contributed by atoms with Crippen molar-refractivity contribution >= 4 is 5.97 Å². The highest BCUT2D eigenvalue weighted by Crippen LogP contribution is 2.41. The van der Waals surface area contributed by atoms with E-state index in [2.05, 4.69) is 9.97 Å². The van der Waals surface area contributed by atoms with E-state index in [4.69, 9.17) is 4.74 Å². The summed E-state index contributed by atoms with van der Waals surface area (Å²) in [6, 6.07) is 9.95. The second-order valence-electron chi connectivity index (χ2n) is 5.52. The molecule has 0 aliphatic heterocycles. The Hall–Kier alpha value is -2.10. The number of benzene rings is 1. The number of H-pyrrole nitrogens is 1. The molecule has 1 aliphatic rings. The lowest BCUT2D eigenvalue weighted by atomic mass is 9.83. The Balaban J connectivity index is 1.95. The minimum absolute atomic E-state index is 0.120. The van der Waals surface area contributed by atoms with Crippen molar-refractivity contribution in [1.82, 2.24) is 9.97 Å². The molecule has 1 aromatic heterocycles. The number of hydrogen-bond donors (Lipinski definition) is 1. The summed E-state index contributed by atoms with van der Waals surface area (Å²) in [4.78, 5) is 20.2. The number of nitrogens with one attached hydrogen (secondary N) is 1. The van der Waals surface area contributed by atoms with Crippen molar-refractivity contribution in [3.8, 4) is 11.4 Å². The van der Waals surface area contributed by atoms with Crippen LogP contribution in [0.1, 0.15) is 38.3 Å². The fraction of sp³-hybridized carbons (Fsp3) is 0.412. The molecule has 21 heavy (non-hydrogen) atoms. The first-order valence-electron chi connectivity index (χ1n) is 7.54. The van der Waals surface area contributed by atoms with Crippen LogP contribution in [0.2, 0.25) is 0 Å². The molecule has 2 aromatic rings. The van der Waals surface area contributed by atoms with E-state index in [0.29, 0.717) is 6.61 Å². The van der Waals surface area contributed by atoms with Gasteiger partial charge in [0.15, 0.2) is 0 Å². The third-order valence-corrected chi connectivity index (χ3v) is 4.26. The van der Waals surface area contributed by atoms with Crippen molar-refractivity contribution < 1.29 is 9.53 Å². The fourth-order valence-electron chi connectivity index (χ4n) is 3.14. The van der Waals surface area contributed by atoms with Crippen LogP contribution >= 0.6 is 0 Å². The van der Waals surface area contributed by atoms with Gasteiger partial charge < -0.3 is 9.72 Å². The van der Waals surface area contributed by atoms with Gasteiger partial charge in [-0.05, 0) is 19.8 Å². The number of esters is 1. The Morgan fingerprint density at radius 2 is 2.00 bits per heavy atom. The van der Waals surface area contributed by atoms with Crippen molar-refractivity contribution in [2.24, 2.45) is 0 Å². The summed E-state index contributed by atoms with van der Waals surface area (Å²) in [5, 5.41) is 0. The zero-order valence-electron chi connectivity index (χ0n) is 12.3. The average molecular weight is 284 g/mol. The molecule has 0 radical (unpaired) electrons. The molecule has 1 heterocycles. The number of nitrogens with zero attached hydrogens (tertiary/aromatic N) is 1. The molecule has 1 fully saturated rings. The highest BCUT2D eigenvalue weighted by molar-refractivity contribution is 5.83. The summed E-state index contributed by atoms with van der Waals surface area (Å²) in [7, 11) is 0. The van der Waals surface area contributed by atoms with Gasteiger partial charge in [-0.2, -0.15) is 0 Å². The van der Waals surface area contributed by atoms with Crippen LogP contribution in [0.15, 0.2) is 36.5 Å². The normalized spacial score (nSPS) is 16.8. The van der Waals surface area contributed by atoms with Gasteiger partial charge in [0.05, 0.1) is 12.3 Å². The van der Waals surface area contributed by atoms with Gasteiger partial charge in [-0.15, -0.1) is 0 Å². The van der Waals surface area contributed by atoms with Gasteiger partial charge in [0.2, 0.25) is 0 Å². The van der Waals surface area contributed by atoms with Gasteiger partial charge in [-0.1, -0.05) is 43.2 Å². The Morgan fingerprint density at radius 1 is 1.29 bits per heavy atom. The largest absolute Gasteiger partial charge is 0.465 e. The maximum absolute atomic E-state index is 12.4. The number of carbonyl (C=O) groups is 1. The van der Waals surface area contributed by atoms with Crippen LogP contribution in [0.5, 0.6) is 0 Å². The smallest absolute Gasteiger partial charge is 0.318 e. The minimum atomic E-state index is -0.532. The van der Waals surface area contributed by atoms with Crippen molar-refractivity contribution in [3.05, 3.63) is 42.2 Å². The van der Waals surface area contributed by atoms with Gasteiger partial charge in [0.1, 0.15) is 11.2 Å². The molecule has 1 aliphatic carbocycles. The summed E-state index contributed by atoms with van der Waals surface area (Å²) in [5.74, 6) is 0.687. The topological polar surface area (TPSA) is 55.0 Å². The van der Waals surface area contributed by atoms with Crippen molar-refractivity contribution in [1.29, 1.82) is 0 Å². The molecule has 0 spiro atoms. The second kappa shape index (κ2) is 5.72. The molecule has 4 nitrogen and oxygen atoms in total. The third kappa shape index (κ3) is 2.46. The van der Waals surface area contributed by atoms with E-state index in [1.54, 1.807) is 6.20 Å². The molecule has 4 heteroatoms. The zero-order chi connectivity index (χ0) is 14.7. The first-order valence-corrected chi connectivity index (χ1v) is 7.54. The van der Waals surface area contributed by atoms with Crippen LogP contribution in [0.3, 0.4) is 0 Å². The first kappa shape index (κ1) is 13.9. The van der Waals surface area contributed by atoms with Crippen LogP contribution in [0.25, 0.3) is 11.4 Å². The molecule has 0 saturated heterocycles. The predicted octanol–water partition coefficient (Wildman–Crippen LogP) is 3.45.